The topological polar surface area (TPSA) is 69.2 Å². The van der Waals surface area contributed by atoms with Crippen molar-refractivity contribution in [2.24, 2.45) is 4.99 Å². The molecule has 148 valence electrons. The zero-order valence-electron chi connectivity index (χ0n) is 16.4. The Hall–Kier alpha value is -3.22. The van der Waals surface area contributed by atoms with Gasteiger partial charge >= 0.3 is 0 Å². The molecule has 3 rings (SSSR count). The first kappa shape index (κ1) is 19.5. The Labute approximate surface area is 166 Å². The number of nitrogens with zero attached hydrogens (tertiary/aromatic N) is 3. The SMILES string of the molecule is CN=C(NCC(=O)Nc1ccccc1)N1CCN(c2ccc(OC)cc2)CC1. The predicted molar refractivity (Wildman–Crippen MR) is 113 cm³/mol. The van der Waals surface area contributed by atoms with Crippen LogP contribution in [0, 0.1) is 0 Å². The minimum Gasteiger partial charge on any atom is -0.497 e. The van der Waals surface area contributed by atoms with E-state index in [2.05, 4.69) is 37.6 Å². The van der Waals surface area contributed by atoms with Gasteiger partial charge in [0.2, 0.25) is 5.91 Å². The van der Waals surface area contributed by atoms with E-state index >= 15 is 0 Å². The van der Waals surface area contributed by atoms with Crippen LogP contribution in [0.3, 0.4) is 0 Å². The predicted octanol–water partition coefficient (Wildman–Crippen LogP) is 2.03. The van der Waals surface area contributed by atoms with Crippen molar-refractivity contribution in [3.63, 3.8) is 0 Å². The van der Waals surface area contributed by atoms with Crippen LogP contribution in [-0.4, -0.2) is 63.6 Å². The highest BCUT2D eigenvalue weighted by Crippen LogP contribution is 2.20. The molecule has 1 heterocycles. The zero-order chi connectivity index (χ0) is 19.8. The molecule has 0 aromatic heterocycles. The summed E-state index contributed by atoms with van der Waals surface area (Å²) in [6.07, 6.45) is 0. The molecule has 1 amide bonds. The molecule has 2 aromatic rings. The Kier molecular flexibility index (Phi) is 6.73. The molecule has 28 heavy (non-hydrogen) atoms. The third-order valence-electron chi connectivity index (χ3n) is 4.69. The van der Waals surface area contributed by atoms with Crippen molar-refractivity contribution in [1.29, 1.82) is 0 Å². The average Bonchev–Trinajstić information content (AvgIpc) is 2.75. The number of para-hydroxylation sites is 1. The summed E-state index contributed by atoms with van der Waals surface area (Å²) in [5.41, 5.74) is 1.98. The highest BCUT2D eigenvalue weighted by Gasteiger charge is 2.20. The summed E-state index contributed by atoms with van der Waals surface area (Å²) in [6.45, 7) is 3.64. The summed E-state index contributed by atoms with van der Waals surface area (Å²) in [7, 11) is 3.42. The van der Waals surface area contributed by atoms with Crippen molar-refractivity contribution < 1.29 is 9.53 Å². The molecule has 7 heteroatoms. The van der Waals surface area contributed by atoms with Crippen LogP contribution >= 0.6 is 0 Å². The highest BCUT2D eigenvalue weighted by atomic mass is 16.5. The Morgan fingerprint density at radius 3 is 2.32 bits per heavy atom. The van der Waals surface area contributed by atoms with Crippen LogP contribution in [0.25, 0.3) is 0 Å². The maximum Gasteiger partial charge on any atom is 0.243 e. The number of rotatable bonds is 5. The number of piperazine rings is 1. The van der Waals surface area contributed by atoms with Crippen LogP contribution in [0.4, 0.5) is 11.4 Å². The van der Waals surface area contributed by atoms with E-state index in [0.717, 1.165) is 43.6 Å². The number of methoxy groups -OCH3 is 1. The molecule has 7 nitrogen and oxygen atoms in total. The van der Waals surface area contributed by atoms with Crippen LogP contribution < -0.4 is 20.3 Å². The Morgan fingerprint density at radius 2 is 1.71 bits per heavy atom. The fraction of sp³-hybridized carbons (Fsp3) is 0.333. The van der Waals surface area contributed by atoms with Gasteiger partial charge in [-0.1, -0.05) is 18.2 Å². The van der Waals surface area contributed by atoms with Gasteiger partial charge in [-0.3, -0.25) is 9.79 Å². The molecule has 0 bridgehead atoms. The van der Waals surface area contributed by atoms with E-state index in [-0.39, 0.29) is 12.5 Å². The molecule has 0 unspecified atom stereocenters. The van der Waals surface area contributed by atoms with E-state index in [0.29, 0.717) is 0 Å². The summed E-state index contributed by atoms with van der Waals surface area (Å²) in [6, 6.07) is 17.6. The number of hydrogen-bond donors (Lipinski definition) is 2. The van der Waals surface area contributed by atoms with Crippen molar-refractivity contribution in [1.82, 2.24) is 10.2 Å². The van der Waals surface area contributed by atoms with Gasteiger partial charge in [0.05, 0.1) is 13.7 Å². The third kappa shape index (κ3) is 5.16. The van der Waals surface area contributed by atoms with E-state index in [4.69, 9.17) is 4.74 Å². The summed E-state index contributed by atoms with van der Waals surface area (Å²) >= 11 is 0. The smallest absolute Gasteiger partial charge is 0.243 e. The monoisotopic (exact) mass is 381 g/mol. The fourth-order valence-electron chi connectivity index (χ4n) is 3.19. The molecule has 1 aliphatic heterocycles. The largest absolute Gasteiger partial charge is 0.497 e. The van der Waals surface area contributed by atoms with Gasteiger partial charge in [0.1, 0.15) is 5.75 Å². The molecule has 1 aliphatic rings. The number of carbonyl (C=O) groups is 1. The number of carbonyl (C=O) groups excluding carboxylic acids is 1. The van der Waals surface area contributed by atoms with Gasteiger partial charge in [0.15, 0.2) is 5.96 Å². The minimum atomic E-state index is -0.0933. The lowest BCUT2D eigenvalue weighted by Crippen LogP contribution is -2.53. The van der Waals surface area contributed by atoms with Crippen molar-refractivity contribution in [3.8, 4) is 5.75 Å². The maximum atomic E-state index is 12.1. The second kappa shape index (κ2) is 9.64. The number of hydrogen-bond acceptors (Lipinski definition) is 4. The zero-order valence-corrected chi connectivity index (χ0v) is 16.4. The second-order valence-electron chi connectivity index (χ2n) is 6.49. The lowest BCUT2D eigenvalue weighted by molar-refractivity contribution is -0.115. The van der Waals surface area contributed by atoms with E-state index in [1.54, 1.807) is 14.2 Å². The van der Waals surface area contributed by atoms with Gasteiger partial charge in [-0.25, -0.2) is 0 Å². The van der Waals surface area contributed by atoms with E-state index in [9.17, 15) is 4.79 Å². The summed E-state index contributed by atoms with van der Waals surface area (Å²) in [5, 5.41) is 6.03. The number of aliphatic imine (C=N–C) groups is 1. The lowest BCUT2D eigenvalue weighted by Gasteiger charge is -2.37. The normalized spacial score (nSPS) is 14.6. The van der Waals surface area contributed by atoms with Crippen LogP contribution in [-0.2, 0) is 4.79 Å². The first-order valence-corrected chi connectivity index (χ1v) is 9.39. The highest BCUT2D eigenvalue weighted by molar-refractivity contribution is 5.95. The van der Waals surface area contributed by atoms with Gasteiger partial charge in [-0.15, -0.1) is 0 Å². The summed E-state index contributed by atoms with van der Waals surface area (Å²) in [5.74, 6) is 1.52. The molecule has 2 N–H and O–H groups in total. The molecular weight excluding hydrogens is 354 g/mol. The Bertz CT molecular complexity index is 784. The van der Waals surface area contributed by atoms with Crippen LogP contribution in [0.1, 0.15) is 0 Å². The molecular formula is C21H27N5O2. The first-order valence-electron chi connectivity index (χ1n) is 9.39. The van der Waals surface area contributed by atoms with Gasteiger partial charge in [0.25, 0.3) is 0 Å². The van der Waals surface area contributed by atoms with Crippen molar-refractivity contribution in [2.75, 3.05) is 57.1 Å². The lowest BCUT2D eigenvalue weighted by atomic mass is 10.2. The van der Waals surface area contributed by atoms with Gasteiger partial charge < -0.3 is 25.2 Å². The van der Waals surface area contributed by atoms with E-state index in [1.165, 1.54) is 5.69 Å². The van der Waals surface area contributed by atoms with Crippen molar-refractivity contribution in [2.45, 2.75) is 0 Å². The number of guanidine groups is 1. The van der Waals surface area contributed by atoms with Gasteiger partial charge in [-0.2, -0.15) is 0 Å². The van der Waals surface area contributed by atoms with Crippen LogP contribution in [0.5, 0.6) is 5.75 Å². The average molecular weight is 381 g/mol. The molecule has 1 saturated heterocycles. The number of amides is 1. The van der Waals surface area contributed by atoms with Crippen molar-refractivity contribution in [3.05, 3.63) is 54.6 Å². The molecule has 0 saturated carbocycles. The number of benzene rings is 2. The second-order valence-corrected chi connectivity index (χ2v) is 6.49. The van der Waals surface area contributed by atoms with Crippen LogP contribution in [0.15, 0.2) is 59.6 Å². The maximum absolute atomic E-state index is 12.1. The minimum absolute atomic E-state index is 0.0933. The molecule has 0 radical (unpaired) electrons. The molecule has 1 fully saturated rings. The van der Waals surface area contributed by atoms with E-state index < -0.39 is 0 Å². The van der Waals surface area contributed by atoms with Crippen molar-refractivity contribution >= 4 is 23.2 Å². The summed E-state index contributed by atoms with van der Waals surface area (Å²) < 4.78 is 5.22. The Balaban J connectivity index is 1.47. The number of ether oxygens (including phenoxy) is 1. The fourth-order valence-corrected chi connectivity index (χ4v) is 3.19. The number of nitrogens with one attached hydrogen (secondary N) is 2. The molecule has 2 aromatic carbocycles. The van der Waals surface area contributed by atoms with Gasteiger partial charge in [-0.05, 0) is 36.4 Å². The number of anilines is 2. The molecule has 0 aliphatic carbocycles. The standard InChI is InChI=1S/C21H27N5O2/c1-22-21(23-16-20(27)24-17-6-4-3-5-7-17)26-14-12-25(13-15-26)18-8-10-19(28-2)11-9-18/h3-11H,12-16H2,1-2H3,(H,22,23)(H,24,27). The first-order chi connectivity index (χ1) is 13.7. The quantitative estimate of drug-likeness (QED) is 0.613. The van der Waals surface area contributed by atoms with Gasteiger partial charge in [0, 0.05) is 44.6 Å². The molecule has 0 atom stereocenters. The third-order valence-corrected chi connectivity index (χ3v) is 4.69. The van der Waals surface area contributed by atoms with Crippen LogP contribution in [0.2, 0.25) is 0 Å². The van der Waals surface area contributed by atoms with E-state index in [1.807, 2.05) is 42.5 Å². The summed E-state index contributed by atoms with van der Waals surface area (Å²) in [4.78, 5) is 21.0. The Morgan fingerprint density at radius 1 is 1.04 bits per heavy atom. The molecule has 0 spiro atoms.